The van der Waals surface area contributed by atoms with Crippen LogP contribution in [-0.4, -0.2) is 30.5 Å². The number of ether oxygens (including phenoxy) is 2. The Morgan fingerprint density at radius 2 is 1.82 bits per heavy atom. The third kappa shape index (κ3) is 4.39. The van der Waals surface area contributed by atoms with Crippen LogP contribution in [-0.2, 0) is 4.79 Å². The average Bonchev–Trinajstić information content (AvgIpc) is 3.03. The van der Waals surface area contributed by atoms with Crippen LogP contribution in [0, 0.1) is 0 Å². The van der Waals surface area contributed by atoms with E-state index in [2.05, 4.69) is 18.8 Å². The number of benzene rings is 2. The molecular formula is C22H24N2O3S. The molecule has 1 atom stereocenters. The van der Waals surface area contributed by atoms with Crippen molar-refractivity contribution in [1.29, 1.82) is 0 Å². The van der Waals surface area contributed by atoms with Crippen molar-refractivity contribution < 1.29 is 14.3 Å². The standard InChI is InChI=1S/C22H24N2O3S/c1-5-15(2)28-22-23-20(13-16-9-11-18(26-3)12-10-16)21(25)24(22)17-7-6-8-19(14-17)27-4/h6-15H,5H2,1-4H3/b20-13+. The van der Waals surface area contributed by atoms with Gasteiger partial charge < -0.3 is 9.47 Å². The fraction of sp³-hybridized carbons (Fsp3) is 0.273. The molecule has 1 aliphatic rings. The molecule has 0 N–H and O–H groups in total. The number of amides is 1. The molecular weight excluding hydrogens is 372 g/mol. The van der Waals surface area contributed by atoms with Gasteiger partial charge in [0, 0.05) is 11.3 Å². The topological polar surface area (TPSA) is 51.1 Å². The highest BCUT2D eigenvalue weighted by atomic mass is 32.2. The van der Waals surface area contributed by atoms with Crippen molar-refractivity contribution >= 4 is 34.6 Å². The normalized spacial score (nSPS) is 16.3. The monoisotopic (exact) mass is 396 g/mol. The maximum Gasteiger partial charge on any atom is 0.283 e. The lowest BCUT2D eigenvalue weighted by molar-refractivity contribution is -0.113. The molecule has 0 saturated heterocycles. The second kappa shape index (κ2) is 8.97. The minimum absolute atomic E-state index is 0.144. The van der Waals surface area contributed by atoms with Gasteiger partial charge in [-0.25, -0.2) is 4.99 Å². The van der Waals surface area contributed by atoms with Gasteiger partial charge in [-0.2, -0.15) is 0 Å². The van der Waals surface area contributed by atoms with Crippen molar-refractivity contribution in [1.82, 2.24) is 0 Å². The number of nitrogens with zero attached hydrogens (tertiary/aromatic N) is 2. The van der Waals surface area contributed by atoms with E-state index in [1.54, 1.807) is 37.0 Å². The molecule has 28 heavy (non-hydrogen) atoms. The highest BCUT2D eigenvalue weighted by molar-refractivity contribution is 8.14. The maximum absolute atomic E-state index is 13.2. The molecule has 1 heterocycles. The van der Waals surface area contributed by atoms with Crippen molar-refractivity contribution in [2.75, 3.05) is 19.1 Å². The van der Waals surface area contributed by atoms with E-state index in [0.717, 1.165) is 23.4 Å². The number of carbonyl (C=O) groups excluding carboxylic acids is 1. The van der Waals surface area contributed by atoms with Crippen molar-refractivity contribution in [3.05, 3.63) is 59.8 Å². The third-order valence-electron chi connectivity index (χ3n) is 4.44. The first-order valence-corrected chi connectivity index (χ1v) is 10.0. The summed E-state index contributed by atoms with van der Waals surface area (Å²) in [7, 11) is 3.24. The van der Waals surface area contributed by atoms with Crippen LogP contribution in [0.3, 0.4) is 0 Å². The Labute approximate surface area is 170 Å². The Hall–Kier alpha value is -2.73. The van der Waals surface area contributed by atoms with Crippen LogP contribution in [0.4, 0.5) is 5.69 Å². The predicted octanol–water partition coefficient (Wildman–Crippen LogP) is 4.98. The third-order valence-corrected chi connectivity index (χ3v) is 5.66. The summed E-state index contributed by atoms with van der Waals surface area (Å²) in [6.07, 6.45) is 2.79. The Bertz CT molecular complexity index is 906. The summed E-state index contributed by atoms with van der Waals surface area (Å²) >= 11 is 1.60. The SMILES string of the molecule is CCC(C)SC1=N/C(=C/c2ccc(OC)cc2)C(=O)N1c1cccc(OC)c1. The molecule has 6 heteroatoms. The summed E-state index contributed by atoms with van der Waals surface area (Å²) in [6.45, 7) is 4.26. The van der Waals surface area contributed by atoms with Crippen molar-refractivity contribution in [3.63, 3.8) is 0 Å². The molecule has 2 aromatic rings. The molecule has 0 aromatic heterocycles. The summed E-state index contributed by atoms with van der Waals surface area (Å²) in [5.74, 6) is 1.33. The van der Waals surface area contributed by atoms with E-state index in [0.29, 0.717) is 21.9 Å². The molecule has 3 rings (SSSR count). The smallest absolute Gasteiger partial charge is 0.283 e. The van der Waals surface area contributed by atoms with Gasteiger partial charge in [0.05, 0.1) is 19.9 Å². The Morgan fingerprint density at radius 3 is 2.46 bits per heavy atom. The second-order valence-corrected chi connectivity index (χ2v) is 7.78. The summed E-state index contributed by atoms with van der Waals surface area (Å²) in [6, 6.07) is 15.0. The fourth-order valence-corrected chi connectivity index (χ4v) is 3.65. The molecule has 0 aliphatic carbocycles. The van der Waals surface area contributed by atoms with Crippen molar-refractivity contribution in [2.45, 2.75) is 25.5 Å². The largest absolute Gasteiger partial charge is 0.497 e. The number of amidine groups is 1. The number of rotatable bonds is 6. The number of hydrogen-bond donors (Lipinski definition) is 0. The molecule has 0 fully saturated rings. The van der Waals surface area contributed by atoms with E-state index in [-0.39, 0.29) is 5.91 Å². The van der Waals surface area contributed by atoms with E-state index < -0.39 is 0 Å². The molecule has 1 aliphatic heterocycles. The first-order valence-electron chi connectivity index (χ1n) is 9.15. The van der Waals surface area contributed by atoms with Gasteiger partial charge in [-0.05, 0) is 42.3 Å². The molecule has 2 aromatic carbocycles. The summed E-state index contributed by atoms with van der Waals surface area (Å²) < 4.78 is 10.5. The van der Waals surface area contributed by atoms with E-state index >= 15 is 0 Å². The van der Waals surface area contributed by atoms with Crippen LogP contribution in [0.1, 0.15) is 25.8 Å². The summed E-state index contributed by atoms with van der Waals surface area (Å²) in [4.78, 5) is 19.5. The fourth-order valence-electron chi connectivity index (χ4n) is 2.67. The first-order chi connectivity index (χ1) is 13.5. The number of hydrogen-bond acceptors (Lipinski definition) is 5. The molecule has 5 nitrogen and oxygen atoms in total. The van der Waals surface area contributed by atoms with Crippen molar-refractivity contribution in [2.24, 2.45) is 4.99 Å². The summed E-state index contributed by atoms with van der Waals surface area (Å²) in [5.41, 5.74) is 2.06. The summed E-state index contributed by atoms with van der Waals surface area (Å²) in [5, 5.41) is 1.03. The first kappa shape index (κ1) is 20.0. The minimum Gasteiger partial charge on any atom is -0.497 e. The number of carbonyl (C=O) groups is 1. The molecule has 0 spiro atoms. The van der Waals surface area contributed by atoms with E-state index in [9.17, 15) is 4.79 Å². The van der Waals surface area contributed by atoms with Gasteiger partial charge in [0.1, 0.15) is 17.2 Å². The number of thioether (sulfide) groups is 1. The molecule has 0 radical (unpaired) electrons. The van der Waals surface area contributed by atoms with Gasteiger partial charge >= 0.3 is 0 Å². The lowest BCUT2D eigenvalue weighted by atomic mass is 10.2. The number of anilines is 1. The molecule has 146 valence electrons. The van der Waals surface area contributed by atoms with Gasteiger partial charge in [-0.15, -0.1) is 0 Å². The molecule has 0 saturated carbocycles. The zero-order valence-corrected chi connectivity index (χ0v) is 17.3. The Kier molecular flexibility index (Phi) is 6.41. The number of methoxy groups -OCH3 is 2. The van der Waals surface area contributed by atoms with Gasteiger partial charge in [-0.1, -0.05) is 43.8 Å². The molecule has 1 amide bonds. The van der Waals surface area contributed by atoms with Crippen LogP contribution >= 0.6 is 11.8 Å². The van der Waals surface area contributed by atoms with Crippen molar-refractivity contribution in [3.8, 4) is 11.5 Å². The molecule has 1 unspecified atom stereocenters. The highest BCUT2D eigenvalue weighted by Gasteiger charge is 2.33. The van der Waals surface area contributed by atoms with Crippen LogP contribution in [0.2, 0.25) is 0 Å². The Morgan fingerprint density at radius 1 is 1.11 bits per heavy atom. The van der Waals surface area contributed by atoms with Gasteiger partial charge in [0.25, 0.3) is 5.91 Å². The van der Waals surface area contributed by atoms with Crippen LogP contribution in [0.5, 0.6) is 11.5 Å². The average molecular weight is 397 g/mol. The van der Waals surface area contributed by atoms with Gasteiger partial charge in [-0.3, -0.25) is 9.69 Å². The van der Waals surface area contributed by atoms with E-state index in [4.69, 9.17) is 9.47 Å². The Balaban J connectivity index is 1.97. The predicted molar refractivity (Wildman–Crippen MR) is 116 cm³/mol. The zero-order valence-electron chi connectivity index (χ0n) is 16.5. The highest BCUT2D eigenvalue weighted by Crippen LogP contribution is 2.33. The van der Waals surface area contributed by atoms with Crippen LogP contribution in [0.15, 0.2) is 59.2 Å². The lowest BCUT2D eigenvalue weighted by Gasteiger charge is -2.20. The van der Waals surface area contributed by atoms with E-state index in [1.807, 2.05) is 48.5 Å². The maximum atomic E-state index is 13.2. The minimum atomic E-state index is -0.144. The lowest BCUT2D eigenvalue weighted by Crippen LogP contribution is -2.31. The quantitative estimate of drug-likeness (QED) is 0.646. The molecule has 0 bridgehead atoms. The number of aliphatic imine (C=N–C) groups is 1. The second-order valence-electron chi connectivity index (χ2n) is 6.38. The van der Waals surface area contributed by atoms with Gasteiger partial charge in [0.15, 0.2) is 5.17 Å². The van der Waals surface area contributed by atoms with E-state index in [1.165, 1.54) is 0 Å². The van der Waals surface area contributed by atoms with Crippen LogP contribution in [0.25, 0.3) is 6.08 Å². The van der Waals surface area contributed by atoms with Gasteiger partial charge in [0.2, 0.25) is 0 Å². The zero-order chi connectivity index (χ0) is 20.1. The van der Waals surface area contributed by atoms with Crippen LogP contribution < -0.4 is 14.4 Å².